The zero-order chi connectivity index (χ0) is 17.2. The zero-order valence-electron chi connectivity index (χ0n) is 14.5. The highest BCUT2D eigenvalue weighted by Gasteiger charge is 2.19. The number of hydrogen-bond donors (Lipinski definition) is 0. The molecule has 0 aromatic carbocycles. The van der Waals surface area contributed by atoms with Gasteiger partial charge in [0.05, 0.1) is 11.4 Å². The molecule has 0 radical (unpaired) electrons. The topological polar surface area (TPSA) is 76.1 Å². The van der Waals surface area contributed by atoms with Crippen molar-refractivity contribution >= 4 is 5.82 Å². The third-order valence-corrected chi connectivity index (χ3v) is 4.35. The van der Waals surface area contributed by atoms with Gasteiger partial charge in [0, 0.05) is 45.0 Å². The van der Waals surface area contributed by atoms with Gasteiger partial charge in [-0.3, -0.25) is 4.90 Å². The first kappa shape index (κ1) is 15.8. The molecule has 1 saturated heterocycles. The fraction of sp³-hybridized carbons (Fsp3) is 0.412. The van der Waals surface area contributed by atoms with Crippen LogP contribution in [0.2, 0.25) is 0 Å². The molecule has 8 nitrogen and oxygen atoms in total. The van der Waals surface area contributed by atoms with Gasteiger partial charge in [0.2, 0.25) is 0 Å². The number of rotatable bonds is 4. The minimum absolute atomic E-state index is 0.733. The molecule has 25 heavy (non-hydrogen) atoms. The van der Waals surface area contributed by atoms with Crippen LogP contribution in [0.4, 0.5) is 5.82 Å². The number of nitrogens with zero attached hydrogens (tertiary/aromatic N) is 7. The quantitative estimate of drug-likeness (QED) is 0.714. The molecule has 3 aromatic heterocycles. The number of hydrogen-bond acceptors (Lipinski definition) is 7. The van der Waals surface area contributed by atoms with Gasteiger partial charge < -0.3 is 9.42 Å². The maximum atomic E-state index is 5.13. The molecule has 130 valence electrons. The van der Waals surface area contributed by atoms with E-state index in [0.29, 0.717) is 0 Å². The van der Waals surface area contributed by atoms with Crippen molar-refractivity contribution in [2.24, 2.45) is 0 Å². The Balaban J connectivity index is 1.36. The Morgan fingerprint density at radius 2 is 1.76 bits per heavy atom. The standard InChI is InChI=1S/C17H21N7O/c1-13-5-6-24(20-13)17-4-3-16(18-19-17)23-9-7-22(8-10-23)12-15-11-14(2)25-21-15/h3-6,11H,7-10,12H2,1-2H3. The molecule has 0 N–H and O–H groups in total. The van der Waals surface area contributed by atoms with Gasteiger partial charge in [-0.15, -0.1) is 10.2 Å². The number of piperazine rings is 1. The molecule has 0 atom stereocenters. The van der Waals surface area contributed by atoms with Crippen LogP contribution in [0.15, 0.2) is 35.0 Å². The summed E-state index contributed by atoms with van der Waals surface area (Å²) in [4.78, 5) is 4.64. The monoisotopic (exact) mass is 339 g/mol. The lowest BCUT2D eigenvalue weighted by molar-refractivity contribution is 0.241. The van der Waals surface area contributed by atoms with Gasteiger partial charge in [-0.25, -0.2) is 4.68 Å². The summed E-state index contributed by atoms with van der Waals surface area (Å²) in [5, 5.41) is 17.1. The van der Waals surface area contributed by atoms with Gasteiger partial charge >= 0.3 is 0 Å². The fourth-order valence-corrected chi connectivity index (χ4v) is 3.01. The number of aromatic nitrogens is 5. The Hall–Kier alpha value is -2.74. The van der Waals surface area contributed by atoms with Crippen molar-refractivity contribution in [2.75, 3.05) is 31.1 Å². The van der Waals surface area contributed by atoms with Crippen LogP contribution in [0.3, 0.4) is 0 Å². The molecule has 3 aromatic rings. The zero-order valence-corrected chi connectivity index (χ0v) is 14.5. The molecule has 1 aliphatic heterocycles. The smallest absolute Gasteiger partial charge is 0.175 e. The van der Waals surface area contributed by atoms with Crippen molar-refractivity contribution in [3.8, 4) is 5.82 Å². The predicted molar refractivity (Wildman–Crippen MR) is 92.6 cm³/mol. The Morgan fingerprint density at radius 3 is 2.36 bits per heavy atom. The molecule has 0 unspecified atom stereocenters. The largest absolute Gasteiger partial charge is 0.361 e. The SMILES string of the molecule is Cc1ccn(-c2ccc(N3CCN(Cc4cc(C)on4)CC3)nn2)n1. The summed E-state index contributed by atoms with van der Waals surface area (Å²) in [5.41, 5.74) is 1.95. The average molecular weight is 339 g/mol. The average Bonchev–Trinajstić information content (AvgIpc) is 3.24. The van der Waals surface area contributed by atoms with Crippen molar-refractivity contribution < 1.29 is 4.52 Å². The predicted octanol–water partition coefficient (Wildman–Crippen LogP) is 1.59. The van der Waals surface area contributed by atoms with E-state index in [1.165, 1.54) is 0 Å². The Kier molecular flexibility index (Phi) is 4.19. The van der Waals surface area contributed by atoms with E-state index in [-0.39, 0.29) is 0 Å². The van der Waals surface area contributed by atoms with Crippen LogP contribution in [0, 0.1) is 13.8 Å². The van der Waals surface area contributed by atoms with Crippen LogP contribution in [-0.2, 0) is 6.54 Å². The van der Waals surface area contributed by atoms with Crippen molar-refractivity contribution in [1.82, 2.24) is 30.0 Å². The van der Waals surface area contributed by atoms with Gasteiger partial charge in [-0.2, -0.15) is 5.10 Å². The number of aryl methyl sites for hydroxylation is 2. The molecule has 0 saturated carbocycles. The molecular formula is C17H21N7O. The van der Waals surface area contributed by atoms with E-state index >= 15 is 0 Å². The summed E-state index contributed by atoms with van der Waals surface area (Å²) >= 11 is 0. The highest BCUT2D eigenvalue weighted by molar-refractivity contribution is 5.40. The van der Waals surface area contributed by atoms with E-state index in [4.69, 9.17) is 4.52 Å². The normalized spacial score (nSPS) is 15.7. The van der Waals surface area contributed by atoms with Crippen molar-refractivity contribution in [3.63, 3.8) is 0 Å². The van der Waals surface area contributed by atoms with Gasteiger partial charge in [-0.1, -0.05) is 5.16 Å². The third kappa shape index (κ3) is 3.53. The van der Waals surface area contributed by atoms with Crippen LogP contribution >= 0.6 is 0 Å². The Bertz CT molecular complexity index is 831. The van der Waals surface area contributed by atoms with E-state index < -0.39 is 0 Å². The first-order chi connectivity index (χ1) is 12.2. The Morgan fingerprint density at radius 1 is 1.00 bits per heavy atom. The molecule has 0 bridgehead atoms. The van der Waals surface area contributed by atoms with Crippen LogP contribution in [0.5, 0.6) is 0 Å². The molecule has 1 fully saturated rings. The van der Waals surface area contributed by atoms with Crippen molar-refractivity contribution in [2.45, 2.75) is 20.4 Å². The van der Waals surface area contributed by atoms with E-state index in [1.54, 1.807) is 4.68 Å². The summed E-state index contributed by atoms with van der Waals surface area (Å²) in [5.74, 6) is 2.50. The second-order valence-corrected chi connectivity index (χ2v) is 6.34. The molecular weight excluding hydrogens is 318 g/mol. The van der Waals surface area contributed by atoms with Crippen LogP contribution in [0.1, 0.15) is 17.1 Å². The molecule has 1 aliphatic rings. The summed E-state index contributed by atoms with van der Waals surface area (Å²) in [6.45, 7) is 8.48. The summed E-state index contributed by atoms with van der Waals surface area (Å²) in [6.07, 6.45) is 1.89. The van der Waals surface area contributed by atoms with Gasteiger partial charge in [-0.05, 0) is 32.0 Å². The van der Waals surface area contributed by atoms with Crippen LogP contribution in [0.25, 0.3) is 5.82 Å². The molecule has 4 heterocycles. The maximum absolute atomic E-state index is 5.13. The highest BCUT2D eigenvalue weighted by atomic mass is 16.5. The first-order valence-corrected chi connectivity index (χ1v) is 8.43. The molecule has 0 amide bonds. The Labute approximate surface area is 146 Å². The van der Waals surface area contributed by atoms with E-state index in [2.05, 4.69) is 30.3 Å². The second-order valence-electron chi connectivity index (χ2n) is 6.34. The minimum Gasteiger partial charge on any atom is -0.361 e. The van der Waals surface area contributed by atoms with Gasteiger partial charge in [0.15, 0.2) is 11.6 Å². The van der Waals surface area contributed by atoms with Crippen molar-refractivity contribution in [3.05, 3.63) is 47.6 Å². The first-order valence-electron chi connectivity index (χ1n) is 8.43. The second kappa shape index (κ2) is 6.64. The van der Waals surface area contributed by atoms with E-state index in [9.17, 15) is 0 Å². The highest BCUT2D eigenvalue weighted by Crippen LogP contribution is 2.15. The summed E-state index contributed by atoms with van der Waals surface area (Å²) in [7, 11) is 0. The lowest BCUT2D eigenvalue weighted by Crippen LogP contribution is -2.46. The minimum atomic E-state index is 0.733. The molecule has 8 heteroatoms. The van der Waals surface area contributed by atoms with E-state index in [0.717, 1.165) is 61.5 Å². The number of anilines is 1. The molecule has 4 rings (SSSR count). The van der Waals surface area contributed by atoms with Crippen molar-refractivity contribution in [1.29, 1.82) is 0 Å². The van der Waals surface area contributed by atoms with Crippen LogP contribution < -0.4 is 4.90 Å². The fourth-order valence-electron chi connectivity index (χ4n) is 3.01. The molecule has 0 spiro atoms. The van der Waals surface area contributed by atoms with Crippen LogP contribution in [-0.4, -0.2) is 56.2 Å². The maximum Gasteiger partial charge on any atom is 0.175 e. The summed E-state index contributed by atoms with van der Waals surface area (Å²) in [6, 6.07) is 7.91. The van der Waals surface area contributed by atoms with E-state index in [1.807, 2.05) is 44.3 Å². The molecule has 0 aliphatic carbocycles. The third-order valence-electron chi connectivity index (χ3n) is 4.35. The van der Waals surface area contributed by atoms with Gasteiger partial charge in [0.25, 0.3) is 0 Å². The van der Waals surface area contributed by atoms with Gasteiger partial charge in [0.1, 0.15) is 5.76 Å². The summed E-state index contributed by atoms with van der Waals surface area (Å²) < 4.78 is 6.87. The lowest BCUT2D eigenvalue weighted by Gasteiger charge is -2.34. The lowest BCUT2D eigenvalue weighted by atomic mass is 10.2.